The summed E-state index contributed by atoms with van der Waals surface area (Å²) in [5.41, 5.74) is 5.76. The third-order valence-corrected chi connectivity index (χ3v) is 8.83. The summed E-state index contributed by atoms with van der Waals surface area (Å²) >= 11 is 0. The molecule has 6 nitrogen and oxygen atoms in total. The highest BCUT2D eigenvalue weighted by molar-refractivity contribution is 6.15. The van der Waals surface area contributed by atoms with E-state index in [1.807, 2.05) is 54.6 Å². The number of furan rings is 2. The summed E-state index contributed by atoms with van der Waals surface area (Å²) in [7, 11) is 0. The van der Waals surface area contributed by atoms with E-state index in [4.69, 9.17) is 23.8 Å². The van der Waals surface area contributed by atoms with E-state index in [2.05, 4.69) is 71.7 Å². The number of fused-ring (bicyclic) bond motifs is 9. The summed E-state index contributed by atoms with van der Waals surface area (Å²) in [6.07, 6.45) is 3.53. The van der Waals surface area contributed by atoms with Crippen LogP contribution in [-0.4, -0.2) is 19.9 Å². The van der Waals surface area contributed by atoms with E-state index in [1.54, 1.807) is 12.4 Å². The maximum Gasteiger partial charge on any atom is 0.164 e. The van der Waals surface area contributed by atoms with Crippen molar-refractivity contribution in [3.05, 3.63) is 134 Å². The van der Waals surface area contributed by atoms with Gasteiger partial charge in [-0.2, -0.15) is 0 Å². The predicted octanol–water partition coefficient (Wildman–Crippen LogP) is 10.4. The van der Waals surface area contributed by atoms with E-state index in [-0.39, 0.29) is 0 Å². The molecule has 0 saturated heterocycles. The Balaban J connectivity index is 1.33. The molecule has 4 heterocycles. The summed E-state index contributed by atoms with van der Waals surface area (Å²) in [5.74, 6) is 1.73. The monoisotopic (exact) mass is 590 g/mol. The van der Waals surface area contributed by atoms with Gasteiger partial charge in [-0.25, -0.2) is 15.0 Å². The highest BCUT2D eigenvalue weighted by atomic mass is 16.3. The molecule has 0 aliphatic rings. The SMILES string of the molecule is c1ccc2c(c1)cc(-c1nc(-c3cccc4oc5ccccc5c34)nc(-c3cccc4oc5cnccc5c34)n1)c1ccccc12. The van der Waals surface area contributed by atoms with Crippen LogP contribution < -0.4 is 0 Å². The molecule has 6 aromatic carbocycles. The third kappa shape index (κ3) is 3.64. The molecule has 10 rings (SSSR count). The maximum atomic E-state index is 6.26. The van der Waals surface area contributed by atoms with Gasteiger partial charge in [0.25, 0.3) is 0 Å². The lowest BCUT2D eigenvalue weighted by atomic mass is 9.96. The van der Waals surface area contributed by atoms with Crippen molar-refractivity contribution in [2.75, 3.05) is 0 Å². The zero-order valence-corrected chi connectivity index (χ0v) is 24.3. The van der Waals surface area contributed by atoms with E-state index >= 15 is 0 Å². The molecule has 214 valence electrons. The van der Waals surface area contributed by atoms with Gasteiger partial charge < -0.3 is 8.83 Å². The fraction of sp³-hybridized carbons (Fsp3) is 0. The molecule has 10 aromatic rings. The second-order valence-electron chi connectivity index (χ2n) is 11.4. The lowest BCUT2D eigenvalue weighted by molar-refractivity contribution is 0.667. The van der Waals surface area contributed by atoms with Crippen LogP contribution in [0.3, 0.4) is 0 Å². The minimum atomic E-state index is 0.562. The molecular weight excluding hydrogens is 568 g/mol. The fourth-order valence-corrected chi connectivity index (χ4v) is 6.80. The standard InChI is InChI=1S/C40H22N4O2/c1-2-10-24-23(9-1)21-31(26-12-4-3-11-25(24)26)40-43-38(29-14-7-17-33-36(29)27-13-5-6-16-32(27)45-33)42-39(44-40)30-15-8-18-34-37(30)28-19-20-41-22-35(28)46-34/h1-22H. The van der Waals surface area contributed by atoms with E-state index in [9.17, 15) is 0 Å². The van der Waals surface area contributed by atoms with Gasteiger partial charge in [0, 0.05) is 44.4 Å². The number of pyridine rings is 1. The van der Waals surface area contributed by atoms with Crippen molar-refractivity contribution < 1.29 is 8.83 Å². The van der Waals surface area contributed by atoms with E-state index in [1.165, 1.54) is 5.39 Å². The quantitative estimate of drug-likeness (QED) is 0.191. The van der Waals surface area contributed by atoms with Crippen molar-refractivity contribution in [3.8, 4) is 34.2 Å². The number of hydrogen-bond acceptors (Lipinski definition) is 6. The summed E-state index contributed by atoms with van der Waals surface area (Å²) in [5, 5.41) is 8.44. The second kappa shape index (κ2) is 9.55. The zero-order chi connectivity index (χ0) is 30.2. The first-order chi connectivity index (χ1) is 22.8. The smallest absolute Gasteiger partial charge is 0.164 e. The Morgan fingerprint density at radius 1 is 0.391 bits per heavy atom. The molecule has 0 radical (unpaired) electrons. The Labute approximate surface area is 261 Å². The second-order valence-corrected chi connectivity index (χ2v) is 11.4. The highest BCUT2D eigenvalue weighted by Gasteiger charge is 2.21. The topological polar surface area (TPSA) is 77.8 Å². The number of rotatable bonds is 3. The van der Waals surface area contributed by atoms with Gasteiger partial charge in [-0.3, -0.25) is 4.98 Å². The van der Waals surface area contributed by atoms with Crippen LogP contribution in [0.2, 0.25) is 0 Å². The first kappa shape index (κ1) is 25.0. The van der Waals surface area contributed by atoms with Gasteiger partial charge in [-0.05, 0) is 51.9 Å². The van der Waals surface area contributed by atoms with Gasteiger partial charge in [0.1, 0.15) is 16.7 Å². The van der Waals surface area contributed by atoms with E-state index in [0.717, 1.165) is 76.7 Å². The largest absolute Gasteiger partial charge is 0.456 e. The third-order valence-electron chi connectivity index (χ3n) is 8.83. The minimum Gasteiger partial charge on any atom is -0.456 e. The summed E-state index contributed by atoms with van der Waals surface area (Å²) < 4.78 is 12.5. The summed E-state index contributed by atoms with van der Waals surface area (Å²) in [6, 6.07) is 41.2. The van der Waals surface area contributed by atoms with Crippen LogP contribution in [0.4, 0.5) is 0 Å². The van der Waals surface area contributed by atoms with Crippen LogP contribution >= 0.6 is 0 Å². The molecule has 6 heteroatoms. The zero-order valence-electron chi connectivity index (χ0n) is 24.3. The van der Waals surface area contributed by atoms with Crippen molar-refractivity contribution in [1.29, 1.82) is 0 Å². The molecule has 0 fully saturated rings. The van der Waals surface area contributed by atoms with Gasteiger partial charge in [-0.15, -0.1) is 0 Å². The van der Waals surface area contributed by atoms with Gasteiger partial charge in [0.05, 0.1) is 6.20 Å². The fourth-order valence-electron chi connectivity index (χ4n) is 6.80. The molecule has 0 bridgehead atoms. The lowest BCUT2D eigenvalue weighted by Crippen LogP contribution is -2.01. The summed E-state index contributed by atoms with van der Waals surface area (Å²) in [4.78, 5) is 19.9. The lowest BCUT2D eigenvalue weighted by Gasteiger charge is -2.13. The van der Waals surface area contributed by atoms with Crippen LogP contribution in [0.5, 0.6) is 0 Å². The highest BCUT2D eigenvalue weighted by Crippen LogP contribution is 2.40. The molecule has 4 aromatic heterocycles. The number of hydrogen-bond donors (Lipinski definition) is 0. The van der Waals surface area contributed by atoms with Crippen LogP contribution in [0, 0.1) is 0 Å². The summed E-state index contributed by atoms with van der Waals surface area (Å²) in [6.45, 7) is 0. The van der Waals surface area contributed by atoms with Gasteiger partial charge in [0.2, 0.25) is 0 Å². The Kier molecular flexibility index (Phi) is 5.19. The van der Waals surface area contributed by atoms with E-state index in [0.29, 0.717) is 17.5 Å². The Hall–Kier alpha value is -6.40. The minimum absolute atomic E-state index is 0.562. The Bertz CT molecular complexity index is 2700. The normalized spacial score (nSPS) is 11.9. The molecular formula is C40H22N4O2. The first-order valence-corrected chi connectivity index (χ1v) is 15.1. The number of para-hydroxylation sites is 1. The number of aromatic nitrogens is 4. The van der Waals surface area contributed by atoms with Crippen molar-refractivity contribution >= 4 is 65.4 Å². The molecule has 0 N–H and O–H groups in total. The molecule has 0 aliphatic heterocycles. The molecule has 0 amide bonds. The first-order valence-electron chi connectivity index (χ1n) is 15.1. The van der Waals surface area contributed by atoms with Crippen molar-refractivity contribution in [3.63, 3.8) is 0 Å². The molecule has 0 spiro atoms. The Morgan fingerprint density at radius 2 is 0.935 bits per heavy atom. The van der Waals surface area contributed by atoms with E-state index < -0.39 is 0 Å². The van der Waals surface area contributed by atoms with Crippen LogP contribution in [0.15, 0.2) is 143 Å². The molecule has 46 heavy (non-hydrogen) atoms. The van der Waals surface area contributed by atoms with Gasteiger partial charge in [0.15, 0.2) is 23.1 Å². The average Bonchev–Trinajstić information content (AvgIpc) is 3.70. The molecule has 0 unspecified atom stereocenters. The van der Waals surface area contributed by atoms with Gasteiger partial charge in [-0.1, -0.05) is 91.0 Å². The molecule has 0 atom stereocenters. The van der Waals surface area contributed by atoms with Crippen LogP contribution in [0.25, 0.3) is 99.6 Å². The van der Waals surface area contributed by atoms with Gasteiger partial charge >= 0.3 is 0 Å². The van der Waals surface area contributed by atoms with Crippen LogP contribution in [0.1, 0.15) is 0 Å². The van der Waals surface area contributed by atoms with Crippen molar-refractivity contribution in [2.24, 2.45) is 0 Å². The van der Waals surface area contributed by atoms with Crippen molar-refractivity contribution in [1.82, 2.24) is 19.9 Å². The molecule has 0 aliphatic carbocycles. The molecule has 0 saturated carbocycles. The maximum absolute atomic E-state index is 6.26. The number of benzene rings is 6. The van der Waals surface area contributed by atoms with Crippen LogP contribution in [-0.2, 0) is 0 Å². The Morgan fingerprint density at radius 3 is 1.67 bits per heavy atom. The average molecular weight is 591 g/mol. The van der Waals surface area contributed by atoms with Crippen molar-refractivity contribution in [2.45, 2.75) is 0 Å². The number of nitrogens with zero attached hydrogens (tertiary/aromatic N) is 4. The predicted molar refractivity (Wildman–Crippen MR) is 183 cm³/mol.